The van der Waals surface area contributed by atoms with Crippen LogP contribution < -0.4 is 10.6 Å². The van der Waals surface area contributed by atoms with Gasteiger partial charge in [-0.1, -0.05) is 29.8 Å². The largest absolute Gasteiger partial charge is 0.325 e. The first-order chi connectivity index (χ1) is 10.2. The molecule has 2 aromatic rings. The van der Waals surface area contributed by atoms with Gasteiger partial charge in [0.1, 0.15) is 0 Å². The zero-order valence-electron chi connectivity index (χ0n) is 11.9. The van der Waals surface area contributed by atoms with Crippen LogP contribution in [0.2, 0.25) is 0 Å². The van der Waals surface area contributed by atoms with Crippen molar-refractivity contribution in [3.8, 4) is 6.07 Å². The molecular formula is C17H17N3O. The number of aryl methyl sites for hydroxylation is 1. The van der Waals surface area contributed by atoms with E-state index in [9.17, 15) is 4.79 Å². The second-order valence-corrected chi connectivity index (χ2v) is 4.83. The van der Waals surface area contributed by atoms with Crippen molar-refractivity contribution in [3.05, 3.63) is 65.2 Å². The summed E-state index contributed by atoms with van der Waals surface area (Å²) in [5.41, 5.74) is 3.62. The number of nitriles is 1. The Morgan fingerprint density at radius 3 is 2.62 bits per heavy atom. The zero-order chi connectivity index (χ0) is 15.1. The number of amides is 1. The van der Waals surface area contributed by atoms with E-state index in [1.165, 1.54) is 5.56 Å². The van der Waals surface area contributed by atoms with Gasteiger partial charge in [-0.05, 0) is 36.8 Å². The van der Waals surface area contributed by atoms with Gasteiger partial charge in [0, 0.05) is 12.2 Å². The quantitative estimate of drug-likeness (QED) is 0.884. The topological polar surface area (TPSA) is 64.9 Å². The van der Waals surface area contributed by atoms with Gasteiger partial charge in [-0.25, -0.2) is 0 Å². The van der Waals surface area contributed by atoms with Gasteiger partial charge in [-0.15, -0.1) is 0 Å². The van der Waals surface area contributed by atoms with Gasteiger partial charge in [0.15, 0.2) is 0 Å². The number of carbonyl (C=O) groups is 1. The molecule has 0 bridgehead atoms. The van der Waals surface area contributed by atoms with Gasteiger partial charge in [-0.3, -0.25) is 4.79 Å². The van der Waals surface area contributed by atoms with Crippen molar-refractivity contribution in [1.29, 1.82) is 5.26 Å². The normalized spacial score (nSPS) is 9.90. The smallest absolute Gasteiger partial charge is 0.238 e. The number of hydrogen-bond donors (Lipinski definition) is 2. The average molecular weight is 279 g/mol. The summed E-state index contributed by atoms with van der Waals surface area (Å²) in [5.74, 6) is -0.104. The van der Waals surface area contributed by atoms with Crippen molar-refractivity contribution in [2.45, 2.75) is 13.5 Å². The third-order valence-corrected chi connectivity index (χ3v) is 2.99. The van der Waals surface area contributed by atoms with Crippen molar-refractivity contribution in [2.75, 3.05) is 11.9 Å². The van der Waals surface area contributed by atoms with Gasteiger partial charge in [0.25, 0.3) is 0 Å². The Bertz CT molecular complexity index is 656. The lowest BCUT2D eigenvalue weighted by Crippen LogP contribution is -2.27. The molecule has 2 rings (SSSR count). The lowest BCUT2D eigenvalue weighted by Gasteiger charge is -2.07. The minimum absolute atomic E-state index is 0.104. The van der Waals surface area contributed by atoms with E-state index in [0.29, 0.717) is 17.8 Å². The summed E-state index contributed by atoms with van der Waals surface area (Å²) in [7, 11) is 0. The summed E-state index contributed by atoms with van der Waals surface area (Å²) in [6.07, 6.45) is 0. The highest BCUT2D eigenvalue weighted by atomic mass is 16.1. The summed E-state index contributed by atoms with van der Waals surface area (Å²) >= 11 is 0. The Morgan fingerprint density at radius 1 is 1.19 bits per heavy atom. The van der Waals surface area contributed by atoms with Crippen LogP contribution in [0, 0.1) is 18.3 Å². The van der Waals surface area contributed by atoms with Crippen LogP contribution in [-0.4, -0.2) is 12.5 Å². The van der Waals surface area contributed by atoms with E-state index in [4.69, 9.17) is 5.26 Å². The lowest BCUT2D eigenvalue weighted by molar-refractivity contribution is -0.115. The van der Waals surface area contributed by atoms with Gasteiger partial charge in [0.2, 0.25) is 5.91 Å². The number of hydrogen-bond acceptors (Lipinski definition) is 3. The summed E-state index contributed by atoms with van der Waals surface area (Å²) in [5, 5.41) is 14.6. The third-order valence-electron chi connectivity index (χ3n) is 2.99. The maximum atomic E-state index is 11.8. The highest BCUT2D eigenvalue weighted by Crippen LogP contribution is 2.08. The second kappa shape index (κ2) is 7.22. The highest BCUT2D eigenvalue weighted by molar-refractivity contribution is 5.92. The molecule has 0 heterocycles. The van der Waals surface area contributed by atoms with E-state index in [-0.39, 0.29) is 12.5 Å². The van der Waals surface area contributed by atoms with Crippen LogP contribution in [-0.2, 0) is 11.3 Å². The fourth-order valence-electron chi connectivity index (χ4n) is 1.98. The van der Waals surface area contributed by atoms with Crippen molar-refractivity contribution >= 4 is 11.6 Å². The number of nitrogens with one attached hydrogen (secondary N) is 2. The van der Waals surface area contributed by atoms with Crippen LogP contribution in [0.4, 0.5) is 5.69 Å². The second-order valence-electron chi connectivity index (χ2n) is 4.83. The molecule has 0 aliphatic carbocycles. The molecule has 0 radical (unpaired) electrons. The van der Waals surface area contributed by atoms with E-state index in [1.54, 1.807) is 24.3 Å². The van der Waals surface area contributed by atoms with Crippen molar-refractivity contribution in [2.24, 2.45) is 0 Å². The first kappa shape index (κ1) is 14.8. The molecule has 0 fully saturated rings. The molecule has 21 heavy (non-hydrogen) atoms. The van der Waals surface area contributed by atoms with Crippen LogP contribution in [0.15, 0.2) is 48.5 Å². The summed E-state index contributed by atoms with van der Waals surface area (Å²) < 4.78 is 0. The molecule has 0 aromatic heterocycles. The Hall–Kier alpha value is -2.64. The molecule has 0 saturated carbocycles. The van der Waals surface area contributed by atoms with Crippen molar-refractivity contribution < 1.29 is 4.79 Å². The van der Waals surface area contributed by atoms with Crippen LogP contribution in [0.25, 0.3) is 0 Å². The lowest BCUT2D eigenvalue weighted by atomic mass is 10.1. The monoisotopic (exact) mass is 279 g/mol. The molecule has 2 aromatic carbocycles. The molecule has 4 heteroatoms. The Labute approximate surface area is 124 Å². The van der Waals surface area contributed by atoms with Gasteiger partial charge < -0.3 is 10.6 Å². The third kappa shape index (κ3) is 4.75. The van der Waals surface area contributed by atoms with Crippen LogP contribution in [0.1, 0.15) is 16.7 Å². The zero-order valence-corrected chi connectivity index (χ0v) is 11.9. The molecule has 0 saturated heterocycles. The first-order valence-corrected chi connectivity index (χ1v) is 6.73. The van der Waals surface area contributed by atoms with E-state index in [1.807, 2.05) is 31.2 Å². The molecule has 0 unspecified atom stereocenters. The molecule has 0 aliphatic heterocycles. The Morgan fingerprint density at radius 2 is 1.95 bits per heavy atom. The minimum Gasteiger partial charge on any atom is -0.325 e. The average Bonchev–Trinajstić information content (AvgIpc) is 2.48. The molecule has 1 amide bonds. The number of rotatable bonds is 5. The molecule has 0 atom stereocenters. The molecule has 0 aliphatic rings. The molecule has 2 N–H and O–H groups in total. The SMILES string of the molecule is Cc1cccc(CNCC(=O)Nc2ccc(C#N)cc2)c1. The fourth-order valence-corrected chi connectivity index (χ4v) is 1.98. The first-order valence-electron chi connectivity index (χ1n) is 6.73. The van der Waals surface area contributed by atoms with Gasteiger partial charge in [0.05, 0.1) is 18.2 Å². The highest BCUT2D eigenvalue weighted by Gasteiger charge is 2.02. The number of carbonyl (C=O) groups excluding carboxylic acids is 1. The molecule has 4 nitrogen and oxygen atoms in total. The van der Waals surface area contributed by atoms with Crippen LogP contribution in [0.3, 0.4) is 0 Å². The Kier molecular flexibility index (Phi) is 5.08. The van der Waals surface area contributed by atoms with E-state index >= 15 is 0 Å². The maximum absolute atomic E-state index is 11.8. The molecule has 0 spiro atoms. The van der Waals surface area contributed by atoms with E-state index in [2.05, 4.69) is 16.7 Å². The van der Waals surface area contributed by atoms with Gasteiger partial charge in [-0.2, -0.15) is 5.26 Å². The number of anilines is 1. The van der Waals surface area contributed by atoms with Crippen LogP contribution in [0.5, 0.6) is 0 Å². The van der Waals surface area contributed by atoms with E-state index < -0.39 is 0 Å². The van der Waals surface area contributed by atoms with Crippen molar-refractivity contribution in [3.63, 3.8) is 0 Å². The number of nitrogens with zero attached hydrogens (tertiary/aromatic N) is 1. The molecule has 106 valence electrons. The van der Waals surface area contributed by atoms with E-state index in [0.717, 1.165) is 5.56 Å². The standard InChI is InChI=1S/C17H17N3O/c1-13-3-2-4-15(9-13)11-19-12-17(21)20-16-7-5-14(10-18)6-8-16/h2-9,19H,11-12H2,1H3,(H,20,21). The minimum atomic E-state index is -0.104. The van der Waals surface area contributed by atoms with Crippen molar-refractivity contribution in [1.82, 2.24) is 5.32 Å². The predicted octanol–water partition coefficient (Wildman–Crippen LogP) is 2.60. The molecular weight excluding hydrogens is 262 g/mol. The Balaban J connectivity index is 1.78. The number of benzene rings is 2. The predicted molar refractivity (Wildman–Crippen MR) is 82.7 cm³/mol. The summed E-state index contributed by atoms with van der Waals surface area (Å²) in [6.45, 7) is 2.94. The summed E-state index contributed by atoms with van der Waals surface area (Å²) in [6, 6.07) is 17.0. The fraction of sp³-hybridized carbons (Fsp3) is 0.176. The van der Waals surface area contributed by atoms with Crippen LogP contribution >= 0.6 is 0 Å². The maximum Gasteiger partial charge on any atom is 0.238 e. The van der Waals surface area contributed by atoms with Gasteiger partial charge >= 0.3 is 0 Å². The summed E-state index contributed by atoms with van der Waals surface area (Å²) in [4.78, 5) is 11.8.